The quantitative estimate of drug-likeness (QED) is 0.422. The summed E-state index contributed by atoms with van der Waals surface area (Å²) in [6.07, 6.45) is 0. The lowest BCUT2D eigenvalue weighted by molar-refractivity contribution is 0.416. The normalized spacial score (nSPS) is 11.3. The van der Waals surface area contributed by atoms with Gasteiger partial charge in [0.1, 0.15) is 22.9 Å². The van der Waals surface area contributed by atoms with Crippen molar-refractivity contribution in [3.63, 3.8) is 0 Å². The van der Waals surface area contributed by atoms with Crippen LogP contribution in [-0.4, -0.2) is 12.2 Å². The van der Waals surface area contributed by atoms with Gasteiger partial charge in [-0.15, -0.1) is 10.2 Å². The third-order valence-corrected chi connectivity index (χ3v) is 3.79. The maximum absolute atomic E-state index is 9.88. The predicted molar refractivity (Wildman–Crippen MR) is 105 cm³/mol. The number of anilines is 1. The average molecular weight is 361 g/mol. The fourth-order valence-electron chi connectivity index (χ4n) is 2.35. The van der Waals surface area contributed by atoms with Crippen LogP contribution in [0.1, 0.15) is 5.56 Å². The van der Waals surface area contributed by atoms with E-state index in [1.807, 2.05) is 37.3 Å². The second-order valence-corrected chi connectivity index (χ2v) is 5.79. The van der Waals surface area contributed by atoms with Gasteiger partial charge in [0.15, 0.2) is 0 Å². The molecular weight excluding hydrogens is 342 g/mol. The summed E-state index contributed by atoms with van der Waals surface area (Å²) in [7, 11) is 1.54. The molecule has 0 spiro atoms. The molecule has 0 saturated heterocycles. The SMILES string of the molecule is COc1cc(N=Nc2ccccc2)c(C)cc1N=Nc1ccc(N)cc1O. The minimum Gasteiger partial charge on any atom is -0.506 e. The van der Waals surface area contributed by atoms with E-state index in [0.717, 1.165) is 11.3 Å². The van der Waals surface area contributed by atoms with Gasteiger partial charge in [0, 0.05) is 17.8 Å². The van der Waals surface area contributed by atoms with Crippen molar-refractivity contribution in [3.8, 4) is 11.5 Å². The first kappa shape index (κ1) is 18.1. The van der Waals surface area contributed by atoms with Crippen LogP contribution in [0.5, 0.6) is 11.5 Å². The second kappa shape index (κ2) is 8.09. The summed E-state index contributed by atoms with van der Waals surface area (Å²) in [5.74, 6) is 0.462. The molecule has 3 rings (SSSR count). The maximum atomic E-state index is 9.88. The van der Waals surface area contributed by atoms with Crippen molar-refractivity contribution in [3.05, 3.63) is 66.2 Å². The van der Waals surface area contributed by atoms with E-state index in [2.05, 4.69) is 20.5 Å². The van der Waals surface area contributed by atoms with Crippen LogP contribution in [0.4, 0.5) is 28.4 Å². The van der Waals surface area contributed by atoms with Crippen LogP contribution < -0.4 is 10.5 Å². The Hall–Kier alpha value is -3.74. The first-order valence-corrected chi connectivity index (χ1v) is 8.22. The number of nitrogen functional groups attached to an aromatic ring is 1. The van der Waals surface area contributed by atoms with E-state index in [9.17, 15) is 5.11 Å². The van der Waals surface area contributed by atoms with Gasteiger partial charge in [0.25, 0.3) is 0 Å². The number of nitrogens with zero attached hydrogens (tertiary/aromatic N) is 4. The highest BCUT2D eigenvalue weighted by molar-refractivity contribution is 5.64. The van der Waals surface area contributed by atoms with Gasteiger partial charge in [0.2, 0.25) is 0 Å². The molecule has 27 heavy (non-hydrogen) atoms. The smallest absolute Gasteiger partial charge is 0.148 e. The molecule has 0 heterocycles. The monoisotopic (exact) mass is 361 g/mol. The lowest BCUT2D eigenvalue weighted by Crippen LogP contribution is -1.85. The maximum Gasteiger partial charge on any atom is 0.148 e. The number of azo groups is 2. The summed E-state index contributed by atoms with van der Waals surface area (Å²) in [6.45, 7) is 1.90. The number of aryl methyl sites for hydroxylation is 1. The number of phenols is 1. The molecule has 0 fully saturated rings. The standard InChI is InChI=1S/C20H19N5O2/c1-13-10-18(25-23-16-9-8-14(21)11-19(16)26)20(27-2)12-17(13)24-22-15-6-4-3-5-7-15/h3-12,26H,21H2,1-2H3. The van der Waals surface area contributed by atoms with Gasteiger partial charge in [-0.05, 0) is 42.8 Å². The molecule has 3 N–H and O–H groups in total. The summed E-state index contributed by atoms with van der Waals surface area (Å²) < 4.78 is 5.39. The highest BCUT2D eigenvalue weighted by atomic mass is 16.5. The third-order valence-electron chi connectivity index (χ3n) is 3.79. The van der Waals surface area contributed by atoms with E-state index in [1.54, 1.807) is 31.4 Å². The lowest BCUT2D eigenvalue weighted by atomic mass is 10.1. The van der Waals surface area contributed by atoms with Crippen LogP contribution in [0.15, 0.2) is 81.1 Å². The Kier molecular flexibility index (Phi) is 5.41. The van der Waals surface area contributed by atoms with Gasteiger partial charge < -0.3 is 15.6 Å². The van der Waals surface area contributed by atoms with Gasteiger partial charge in [0.05, 0.1) is 18.5 Å². The van der Waals surface area contributed by atoms with Crippen molar-refractivity contribution in [1.82, 2.24) is 0 Å². The zero-order valence-corrected chi connectivity index (χ0v) is 15.0. The molecule has 7 nitrogen and oxygen atoms in total. The Bertz CT molecular complexity index is 1000. The van der Waals surface area contributed by atoms with E-state index < -0.39 is 0 Å². The number of aromatic hydroxyl groups is 1. The molecule has 0 radical (unpaired) electrons. The summed E-state index contributed by atoms with van der Waals surface area (Å²) >= 11 is 0. The molecular formula is C20H19N5O2. The zero-order valence-electron chi connectivity index (χ0n) is 15.0. The molecule has 0 aliphatic heterocycles. The number of ether oxygens (including phenoxy) is 1. The van der Waals surface area contributed by atoms with Gasteiger partial charge in [-0.25, -0.2) is 0 Å². The summed E-state index contributed by atoms with van der Waals surface area (Å²) in [5.41, 5.74) is 9.20. The van der Waals surface area contributed by atoms with Crippen LogP contribution in [-0.2, 0) is 0 Å². The average Bonchev–Trinajstić information content (AvgIpc) is 2.67. The molecule has 0 saturated carbocycles. The minimum absolute atomic E-state index is 0.0391. The predicted octanol–water partition coefficient (Wildman–Crippen LogP) is 6.12. The number of nitrogens with two attached hydrogens (primary N) is 1. The molecule has 0 unspecified atom stereocenters. The van der Waals surface area contributed by atoms with Crippen molar-refractivity contribution >= 4 is 28.4 Å². The molecule has 3 aromatic carbocycles. The Labute approximate surface area is 156 Å². The number of rotatable bonds is 5. The van der Waals surface area contributed by atoms with E-state index >= 15 is 0 Å². The number of phenolic OH excluding ortho intramolecular Hbond substituents is 1. The van der Waals surface area contributed by atoms with Crippen LogP contribution in [0.2, 0.25) is 0 Å². The topological polar surface area (TPSA) is 105 Å². The van der Waals surface area contributed by atoms with Crippen LogP contribution in [0.25, 0.3) is 0 Å². The lowest BCUT2D eigenvalue weighted by Gasteiger charge is -2.07. The zero-order chi connectivity index (χ0) is 19.2. The van der Waals surface area contributed by atoms with Gasteiger partial charge >= 0.3 is 0 Å². The Morgan fingerprint density at radius 2 is 1.52 bits per heavy atom. The number of hydrogen-bond acceptors (Lipinski definition) is 7. The number of benzene rings is 3. The van der Waals surface area contributed by atoms with Crippen LogP contribution >= 0.6 is 0 Å². The van der Waals surface area contributed by atoms with Crippen molar-refractivity contribution in [1.29, 1.82) is 0 Å². The molecule has 0 aliphatic carbocycles. The van der Waals surface area contributed by atoms with Crippen molar-refractivity contribution in [2.24, 2.45) is 20.5 Å². The van der Waals surface area contributed by atoms with Crippen molar-refractivity contribution < 1.29 is 9.84 Å². The summed E-state index contributed by atoms with van der Waals surface area (Å²) in [4.78, 5) is 0. The molecule has 0 bridgehead atoms. The largest absolute Gasteiger partial charge is 0.506 e. The Balaban J connectivity index is 1.90. The highest BCUT2D eigenvalue weighted by Crippen LogP contribution is 2.37. The Morgan fingerprint density at radius 1 is 0.815 bits per heavy atom. The minimum atomic E-state index is -0.0391. The molecule has 0 aliphatic rings. The molecule has 0 atom stereocenters. The number of hydrogen-bond donors (Lipinski definition) is 2. The highest BCUT2D eigenvalue weighted by Gasteiger charge is 2.08. The van der Waals surface area contributed by atoms with Crippen molar-refractivity contribution in [2.75, 3.05) is 12.8 Å². The summed E-state index contributed by atoms with van der Waals surface area (Å²) in [6, 6.07) is 17.7. The fourth-order valence-corrected chi connectivity index (χ4v) is 2.35. The third kappa shape index (κ3) is 4.46. The molecule has 136 valence electrons. The van der Waals surface area contributed by atoms with Gasteiger partial charge in [-0.2, -0.15) is 10.2 Å². The Morgan fingerprint density at radius 3 is 2.22 bits per heavy atom. The van der Waals surface area contributed by atoms with Crippen LogP contribution in [0, 0.1) is 6.92 Å². The second-order valence-electron chi connectivity index (χ2n) is 5.79. The van der Waals surface area contributed by atoms with Gasteiger partial charge in [-0.1, -0.05) is 18.2 Å². The van der Waals surface area contributed by atoms with Crippen LogP contribution in [0.3, 0.4) is 0 Å². The van der Waals surface area contributed by atoms with Crippen molar-refractivity contribution in [2.45, 2.75) is 6.92 Å². The number of methoxy groups -OCH3 is 1. The van der Waals surface area contributed by atoms with E-state index in [0.29, 0.717) is 28.5 Å². The van der Waals surface area contributed by atoms with E-state index in [4.69, 9.17) is 10.5 Å². The molecule has 3 aromatic rings. The first-order chi connectivity index (χ1) is 13.1. The van der Waals surface area contributed by atoms with Gasteiger partial charge in [-0.3, -0.25) is 0 Å². The molecule has 0 amide bonds. The molecule has 0 aromatic heterocycles. The fraction of sp³-hybridized carbons (Fsp3) is 0.100. The van der Waals surface area contributed by atoms with E-state index in [-0.39, 0.29) is 5.75 Å². The molecule has 7 heteroatoms. The van der Waals surface area contributed by atoms with E-state index in [1.165, 1.54) is 6.07 Å². The first-order valence-electron chi connectivity index (χ1n) is 8.22. The summed E-state index contributed by atoms with van der Waals surface area (Å²) in [5, 5.41) is 26.7.